The topological polar surface area (TPSA) is 81.0 Å². The van der Waals surface area contributed by atoms with Crippen LogP contribution in [0.25, 0.3) is 10.9 Å². The average molecular weight is 447 g/mol. The zero-order valence-corrected chi connectivity index (χ0v) is 18.9. The van der Waals surface area contributed by atoms with Crippen LogP contribution >= 0.6 is 0 Å². The fraction of sp³-hybridized carbons (Fsp3) is 0.370. The summed E-state index contributed by atoms with van der Waals surface area (Å²) in [7, 11) is 0. The van der Waals surface area contributed by atoms with Crippen molar-refractivity contribution < 1.29 is 19.5 Å². The molecule has 1 saturated carbocycles. The van der Waals surface area contributed by atoms with Crippen molar-refractivity contribution in [3.63, 3.8) is 0 Å². The maximum absolute atomic E-state index is 11.3. The van der Waals surface area contributed by atoms with Crippen LogP contribution in [0.15, 0.2) is 65.8 Å². The van der Waals surface area contributed by atoms with E-state index < -0.39 is 5.97 Å². The van der Waals surface area contributed by atoms with Crippen LogP contribution in [0, 0.1) is 5.92 Å². The first-order chi connectivity index (χ1) is 16.1. The van der Waals surface area contributed by atoms with Gasteiger partial charge >= 0.3 is 5.97 Å². The summed E-state index contributed by atoms with van der Waals surface area (Å²) >= 11 is 0. The van der Waals surface area contributed by atoms with Crippen molar-refractivity contribution in [3.8, 4) is 5.75 Å². The zero-order chi connectivity index (χ0) is 23.0. The van der Waals surface area contributed by atoms with Gasteiger partial charge in [-0.3, -0.25) is 0 Å². The van der Waals surface area contributed by atoms with E-state index in [1.54, 1.807) is 6.92 Å². The van der Waals surface area contributed by atoms with E-state index in [4.69, 9.17) is 9.57 Å². The van der Waals surface area contributed by atoms with Crippen LogP contribution in [0.5, 0.6) is 5.75 Å². The minimum atomic E-state index is -1.04. The molecule has 172 valence electrons. The van der Waals surface area contributed by atoms with Crippen molar-refractivity contribution >= 4 is 22.6 Å². The molecule has 2 aromatic carbocycles. The largest absolute Gasteiger partial charge is 0.487 e. The van der Waals surface area contributed by atoms with E-state index in [1.165, 1.54) is 6.42 Å². The normalized spacial score (nSPS) is 15.8. The number of aliphatic carboxylic acids is 1. The highest BCUT2D eigenvalue weighted by atomic mass is 16.6. The Bertz CT molecular complexity index is 1100. The minimum absolute atomic E-state index is 0.0404. The fourth-order valence-electron chi connectivity index (χ4n) is 4.33. The number of carboxylic acid groups (broad SMARTS) is 1. The van der Waals surface area contributed by atoms with Gasteiger partial charge < -0.3 is 14.7 Å². The lowest BCUT2D eigenvalue weighted by Gasteiger charge is -2.29. The Hall–Kier alpha value is -3.41. The van der Waals surface area contributed by atoms with Crippen LogP contribution in [-0.4, -0.2) is 21.8 Å². The predicted molar refractivity (Wildman–Crippen MR) is 128 cm³/mol. The highest BCUT2D eigenvalue weighted by Gasteiger charge is 2.27. The highest BCUT2D eigenvalue weighted by molar-refractivity contribution is 6.35. The van der Waals surface area contributed by atoms with E-state index in [1.807, 2.05) is 54.6 Å². The first-order valence-electron chi connectivity index (χ1n) is 11.7. The van der Waals surface area contributed by atoms with Crippen LogP contribution in [0.3, 0.4) is 0 Å². The van der Waals surface area contributed by atoms with Gasteiger partial charge in [0.2, 0.25) is 0 Å². The van der Waals surface area contributed by atoms with Gasteiger partial charge in [-0.15, -0.1) is 0 Å². The number of hydrogen-bond donors (Lipinski definition) is 1. The Balaban J connectivity index is 1.46. The van der Waals surface area contributed by atoms with Crippen molar-refractivity contribution in [2.45, 2.75) is 58.2 Å². The van der Waals surface area contributed by atoms with E-state index in [-0.39, 0.29) is 11.8 Å². The van der Waals surface area contributed by atoms with E-state index in [0.29, 0.717) is 18.9 Å². The number of para-hydroxylation sites is 1. The maximum atomic E-state index is 11.3. The second-order valence-corrected chi connectivity index (χ2v) is 8.47. The van der Waals surface area contributed by atoms with Gasteiger partial charge in [0.15, 0.2) is 11.8 Å². The predicted octanol–water partition coefficient (Wildman–Crippen LogP) is 6.30. The molecule has 33 heavy (non-hydrogen) atoms. The summed E-state index contributed by atoms with van der Waals surface area (Å²) in [4.78, 5) is 21.8. The Morgan fingerprint density at radius 1 is 1.06 bits per heavy atom. The number of ether oxygens (including phenoxy) is 1. The highest BCUT2D eigenvalue weighted by Crippen LogP contribution is 2.37. The molecule has 1 fully saturated rings. The number of nitrogens with zero attached hydrogens (tertiary/aromatic N) is 2. The molecular weight excluding hydrogens is 416 g/mol. The Labute approximate surface area is 194 Å². The van der Waals surface area contributed by atoms with Gasteiger partial charge in [-0.1, -0.05) is 67.7 Å². The summed E-state index contributed by atoms with van der Waals surface area (Å²) in [5.74, 6) is 0.0355. The Kier molecular flexibility index (Phi) is 7.55. The SMILES string of the molecule is CC/C(=N\OC(c1ccc(OCc2ccc3ccccc3n2)cc1)C1CCCCC1)C(=O)O. The van der Waals surface area contributed by atoms with Gasteiger partial charge in [-0.25, -0.2) is 9.78 Å². The third kappa shape index (κ3) is 5.89. The van der Waals surface area contributed by atoms with Crippen molar-refractivity contribution in [1.29, 1.82) is 0 Å². The summed E-state index contributed by atoms with van der Waals surface area (Å²) in [6.45, 7) is 2.15. The van der Waals surface area contributed by atoms with Crippen LogP contribution in [-0.2, 0) is 16.2 Å². The number of fused-ring (bicyclic) bond motifs is 1. The summed E-state index contributed by atoms with van der Waals surface area (Å²) < 4.78 is 5.96. The van der Waals surface area contributed by atoms with Gasteiger partial charge in [0.25, 0.3) is 0 Å². The second kappa shape index (κ2) is 10.9. The van der Waals surface area contributed by atoms with Gasteiger partial charge in [0, 0.05) is 11.3 Å². The van der Waals surface area contributed by atoms with Crippen molar-refractivity contribution in [2.24, 2.45) is 11.1 Å². The number of oxime groups is 1. The second-order valence-electron chi connectivity index (χ2n) is 8.47. The molecule has 1 N–H and O–H groups in total. The van der Waals surface area contributed by atoms with Gasteiger partial charge in [-0.2, -0.15) is 0 Å². The summed E-state index contributed by atoms with van der Waals surface area (Å²) in [5, 5.41) is 14.4. The molecule has 0 aliphatic heterocycles. The first-order valence-corrected chi connectivity index (χ1v) is 11.7. The molecule has 6 nitrogen and oxygen atoms in total. The molecule has 1 aliphatic carbocycles. The minimum Gasteiger partial charge on any atom is -0.487 e. The number of aromatic nitrogens is 1. The van der Waals surface area contributed by atoms with Crippen molar-refractivity contribution in [2.75, 3.05) is 0 Å². The van der Waals surface area contributed by atoms with Crippen molar-refractivity contribution in [1.82, 2.24) is 4.98 Å². The van der Waals surface area contributed by atoms with Crippen LogP contribution < -0.4 is 4.74 Å². The van der Waals surface area contributed by atoms with E-state index in [2.05, 4.69) is 16.2 Å². The number of pyridine rings is 1. The lowest BCUT2D eigenvalue weighted by Crippen LogP contribution is -2.19. The van der Waals surface area contributed by atoms with Crippen LogP contribution in [0.4, 0.5) is 0 Å². The molecule has 3 aromatic rings. The number of carboxylic acids is 1. The molecular formula is C27H30N2O4. The lowest BCUT2D eigenvalue weighted by atomic mass is 9.83. The molecule has 0 radical (unpaired) electrons. The number of rotatable bonds is 9. The monoisotopic (exact) mass is 446 g/mol. The summed E-state index contributed by atoms with van der Waals surface area (Å²) in [5.41, 5.74) is 2.85. The Morgan fingerprint density at radius 2 is 1.82 bits per heavy atom. The van der Waals surface area contributed by atoms with Gasteiger partial charge in [-0.05, 0) is 49.1 Å². The number of hydrogen-bond acceptors (Lipinski definition) is 5. The molecule has 1 aromatic heterocycles. The van der Waals surface area contributed by atoms with E-state index >= 15 is 0 Å². The third-order valence-corrected chi connectivity index (χ3v) is 6.19. The molecule has 0 amide bonds. The molecule has 0 bridgehead atoms. The molecule has 0 saturated heterocycles. The molecule has 0 spiro atoms. The number of carbonyl (C=O) groups is 1. The molecule has 4 rings (SSSR count). The Morgan fingerprint density at radius 3 is 2.55 bits per heavy atom. The van der Waals surface area contributed by atoms with Crippen molar-refractivity contribution in [3.05, 3.63) is 71.9 Å². The first kappa shape index (κ1) is 22.8. The summed E-state index contributed by atoms with van der Waals surface area (Å²) in [6.07, 6.45) is 5.73. The molecule has 1 unspecified atom stereocenters. The maximum Gasteiger partial charge on any atom is 0.353 e. The zero-order valence-electron chi connectivity index (χ0n) is 18.9. The van der Waals surface area contributed by atoms with Gasteiger partial charge in [0.1, 0.15) is 12.4 Å². The molecule has 1 heterocycles. The fourth-order valence-corrected chi connectivity index (χ4v) is 4.33. The van der Waals surface area contributed by atoms with Crippen LogP contribution in [0.2, 0.25) is 0 Å². The van der Waals surface area contributed by atoms with E-state index in [0.717, 1.165) is 53.6 Å². The molecule has 6 heteroatoms. The quantitative estimate of drug-likeness (QED) is 0.308. The van der Waals surface area contributed by atoms with Gasteiger partial charge in [0.05, 0.1) is 11.2 Å². The molecule has 1 aliphatic rings. The smallest absolute Gasteiger partial charge is 0.353 e. The standard InChI is InChI=1S/C27H30N2O4/c1-2-24(27(30)31)29-33-26(20-9-4-3-5-10-20)21-13-16-23(17-14-21)32-18-22-15-12-19-8-6-7-11-25(19)28-22/h6-8,11-17,20,26H,2-5,9-10,18H2,1H3,(H,30,31)/b29-24+. The van der Waals surface area contributed by atoms with E-state index in [9.17, 15) is 9.90 Å². The average Bonchev–Trinajstić information content (AvgIpc) is 2.86. The third-order valence-electron chi connectivity index (χ3n) is 6.19. The summed E-state index contributed by atoms with van der Waals surface area (Å²) in [6, 6.07) is 19.9. The lowest BCUT2D eigenvalue weighted by molar-refractivity contribution is -0.129. The number of benzene rings is 2. The molecule has 1 atom stereocenters. The van der Waals surface area contributed by atoms with Crippen LogP contribution in [0.1, 0.15) is 62.8 Å².